The van der Waals surface area contributed by atoms with Gasteiger partial charge in [0.05, 0.1) is 22.5 Å². The highest BCUT2D eigenvalue weighted by Crippen LogP contribution is 2.33. The smallest absolute Gasteiger partial charge is 0.274 e. The number of imidazole rings is 1. The first-order valence-electron chi connectivity index (χ1n) is 12.1. The lowest BCUT2D eigenvalue weighted by Gasteiger charge is -2.32. The van der Waals surface area contributed by atoms with Crippen LogP contribution in [0.25, 0.3) is 28.0 Å². The maximum atomic E-state index is 14.7. The molecule has 1 fully saturated rings. The van der Waals surface area contributed by atoms with E-state index in [0.717, 1.165) is 35.0 Å². The summed E-state index contributed by atoms with van der Waals surface area (Å²) in [5, 5.41) is 18.2. The first-order valence-corrected chi connectivity index (χ1v) is 12.5. The van der Waals surface area contributed by atoms with Gasteiger partial charge in [-0.2, -0.15) is 10.4 Å². The van der Waals surface area contributed by atoms with Crippen molar-refractivity contribution in [2.24, 2.45) is 7.05 Å². The molecule has 1 atom stereocenters. The number of rotatable bonds is 4. The van der Waals surface area contributed by atoms with Crippen LogP contribution in [0.1, 0.15) is 40.2 Å². The highest BCUT2D eigenvalue weighted by atomic mass is 35.5. The molecule has 1 amide bonds. The maximum absolute atomic E-state index is 14.7. The number of halogens is 2. The predicted octanol–water partition coefficient (Wildman–Crippen LogP) is 4.53. The van der Waals surface area contributed by atoms with Gasteiger partial charge >= 0.3 is 0 Å². The lowest BCUT2D eigenvalue weighted by Crippen LogP contribution is -2.47. The van der Waals surface area contributed by atoms with E-state index in [2.05, 4.69) is 10.4 Å². The third-order valence-corrected chi connectivity index (χ3v) is 7.54. The van der Waals surface area contributed by atoms with Gasteiger partial charge in [0.1, 0.15) is 28.6 Å². The Labute approximate surface area is 219 Å². The molecule has 0 unspecified atom stereocenters. The molecule has 1 saturated heterocycles. The summed E-state index contributed by atoms with van der Waals surface area (Å²) in [6.07, 6.45) is 1.91. The van der Waals surface area contributed by atoms with Gasteiger partial charge in [0.2, 0.25) is 0 Å². The van der Waals surface area contributed by atoms with Crippen LogP contribution >= 0.6 is 11.6 Å². The number of hydrogen-bond donors (Lipinski definition) is 1. The van der Waals surface area contributed by atoms with E-state index >= 15 is 0 Å². The zero-order valence-corrected chi connectivity index (χ0v) is 21.9. The number of benzene rings is 2. The third kappa shape index (κ3) is 4.26. The lowest BCUT2D eigenvalue weighted by atomic mass is 10.1. The van der Waals surface area contributed by atoms with E-state index in [1.54, 1.807) is 17.8 Å². The number of hydrogen-bond acceptors (Lipinski definition) is 5. The average Bonchev–Trinajstić information content (AvgIpc) is 3.38. The molecule has 1 aliphatic rings. The van der Waals surface area contributed by atoms with Crippen LogP contribution in [0.4, 0.5) is 4.39 Å². The summed E-state index contributed by atoms with van der Waals surface area (Å²) in [6.45, 7) is 5.04. The SMILES string of the molecule is CN[C@@H]1CCCN(C(=O)c2nc(-c3ccc(C#N)c(F)c3)n(-c3cc4c(Cl)n(C)nc4cc3C)c2C)C1. The first-order chi connectivity index (χ1) is 17.7. The normalized spacial score (nSPS) is 15.8. The van der Waals surface area contributed by atoms with Crippen molar-refractivity contribution >= 4 is 28.4 Å². The van der Waals surface area contributed by atoms with Crippen molar-refractivity contribution < 1.29 is 9.18 Å². The van der Waals surface area contributed by atoms with Crippen LogP contribution in [0, 0.1) is 31.0 Å². The van der Waals surface area contributed by atoms with E-state index in [9.17, 15) is 14.4 Å². The van der Waals surface area contributed by atoms with Gasteiger partial charge in [0.15, 0.2) is 0 Å². The van der Waals surface area contributed by atoms with Crippen molar-refractivity contribution in [1.29, 1.82) is 5.26 Å². The predicted molar refractivity (Wildman–Crippen MR) is 140 cm³/mol. The monoisotopic (exact) mass is 519 g/mol. The number of piperidine rings is 1. The molecule has 3 heterocycles. The second-order valence-electron chi connectivity index (χ2n) is 9.46. The fourth-order valence-electron chi connectivity index (χ4n) is 5.03. The van der Waals surface area contributed by atoms with E-state index in [-0.39, 0.29) is 17.5 Å². The minimum absolute atomic E-state index is 0.0546. The Bertz CT molecular complexity index is 1580. The van der Waals surface area contributed by atoms with Gasteiger partial charge in [-0.1, -0.05) is 11.6 Å². The van der Waals surface area contributed by atoms with E-state index in [1.807, 2.05) is 48.6 Å². The van der Waals surface area contributed by atoms with Gasteiger partial charge in [0, 0.05) is 37.1 Å². The number of fused-ring (bicyclic) bond motifs is 1. The molecule has 0 spiro atoms. The molecule has 0 bridgehead atoms. The van der Waals surface area contributed by atoms with Crippen molar-refractivity contribution in [2.45, 2.75) is 32.7 Å². The zero-order valence-electron chi connectivity index (χ0n) is 21.1. The molecule has 1 aliphatic heterocycles. The molecule has 8 nitrogen and oxygen atoms in total. The molecule has 5 rings (SSSR count). The fraction of sp³-hybridized carbons (Fsp3) is 0.333. The standard InChI is InChI=1S/C27H27ClFN7O/c1-15-10-22-20(25(28)34(4)33-22)12-23(15)36-16(2)24(27(37)35-9-5-6-19(14-35)31-3)32-26(36)17-7-8-18(13-30)21(29)11-17/h7-8,10-12,19,31H,5-6,9,14H2,1-4H3/t19-/m1/s1. The Balaban J connectivity index is 1.72. The van der Waals surface area contributed by atoms with Gasteiger partial charge in [-0.15, -0.1) is 0 Å². The number of carbonyl (C=O) groups excluding carboxylic acids is 1. The van der Waals surface area contributed by atoms with Gasteiger partial charge in [-0.3, -0.25) is 14.0 Å². The summed E-state index contributed by atoms with van der Waals surface area (Å²) in [6, 6.07) is 10.3. The Morgan fingerprint density at radius 3 is 2.76 bits per heavy atom. The van der Waals surface area contributed by atoms with Crippen molar-refractivity contribution in [3.05, 3.63) is 63.8 Å². The summed E-state index contributed by atoms with van der Waals surface area (Å²) in [5.41, 5.74) is 3.76. The number of likely N-dealkylation sites (N-methyl/N-ethyl adjacent to an activating group) is 1. The Kier molecular flexibility index (Phi) is 6.48. The second-order valence-corrected chi connectivity index (χ2v) is 9.82. The average molecular weight is 520 g/mol. The lowest BCUT2D eigenvalue weighted by molar-refractivity contribution is 0.0692. The number of aryl methyl sites for hydroxylation is 2. The van der Waals surface area contributed by atoms with Crippen LogP contribution < -0.4 is 5.32 Å². The zero-order chi connectivity index (χ0) is 26.4. The van der Waals surface area contributed by atoms with E-state index in [1.165, 1.54) is 12.1 Å². The van der Waals surface area contributed by atoms with Crippen molar-refractivity contribution in [3.63, 3.8) is 0 Å². The molecule has 4 aromatic rings. The minimum atomic E-state index is -0.643. The molecular formula is C27H27ClFN7O. The van der Waals surface area contributed by atoms with Crippen molar-refractivity contribution in [2.75, 3.05) is 20.1 Å². The molecule has 2 aromatic heterocycles. The van der Waals surface area contributed by atoms with Gasteiger partial charge < -0.3 is 10.2 Å². The molecule has 37 heavy (non-hydrogen) atoms. The number of amides is 1. The number of nitrogens with zero attached hydrogens (tertiary/aromatic N) is 6. The van der Waals surface area contributed by atoms with E-state index < -0.39 is 5.82 Å². The Hall–Kier alpha value is -3.74. The molecule has 190 valence electrons. The number of carbonyl (C=O) groups is 1. The van der Waals surface area contributed by atoms with Crippen molar-refractivity contribution in [1.82, 2.24) is 29.5 Å². The molecule has 10 heteroatoms. The number of nitrogens with one attached hydrogen (secondary N) is 1. The third-order valence-electron chi connectivity index (χ3n) is 7.09. The Morgan fingerprint density at radius 1 is 1.27 bits per heavy atom. The summed E-state index contributed by atoms with van der Waals surface area (Å²) < 4.78 is 18.2. The largest absolute Gasteiger partial charge is 0.336 e. The topological polar surface area (TPSA) is 91.8 Å². The molecular weight excluding hydrogens is 493 g/mol. The van der Waals surface area contributed by atoms with Crippen LogP contribution in [-0.2, 0) is 7.05 Å². The highest BCUT2D eigenvalue weighted by Gasteiger charge is 2.29. The summed E-state index contributed by atoms with van der Waals surface area (Å²) in [7, 11) is 3.68. The van der Waals surface area contributed by atoms with Gasteiger partial charge in [-0.25, -0.2) is 9.37 Å². The quantitative estimate of drug-likeness (QED) is 0.427. The Morgan fingerprint density at radius 2 is 2.05 bits per heavy atom. The molecule has 0 saturated carbocycles. The first kappa shape index (κ1) is 24.9. The molecule has 0 radical (unpaired) electrons. The molecule has 1 N–H and O–H groups in total. The summed E-state index contributed by atoms with van der Waals surface area (Å²) in [4.78, 5) is 20.3. The molecule has 0 aliphatic carbocycles. The maximum Gasteiger partial charge on any atom is 0.274 e. The van der Waals surface area contributed by atoms with E-state index in [0.29, 0.717) is 41.0 Å². The summed E-state index contributed by atoms with van der Waals surface area (Å²) >= 11 is 6.52. The van der Waals surface area contributed by atoms with Gasteiger partial charge in [0.25, 0.3) is 5.91 Å². The van der Waals surface area contributed by atoms with Crippen LogP contribution in [0.3, 0.4) is 0 Å². The van der Waals surface area contributed by atoms with Crippen LogP contribution in [0.15, 0.2) is 30.3 Å². The summed E-state index contributed by atoms with van der Waals surface area (Å²) in [5.74, 6) is -0.394. The van der Waals surface area contributed by atoms with Crippen LogP contribution in [0.5, 0.6) is 0 Å². The highest BCUT2D eigenvalue weighted by molar-refractivity contribution is 6.34. The number of aromatic nitrogens is 4. The van der Waals surface area contributed by atoms with Gasteiger partial charge in [-0.05, 0) is 69.6 Å². The van der Waals surface area contributed by atoms with Crippen LogP contribution in [0.2, 0.25) is 5.15 Å². The van der Waals surface area contributed by atoms with Crippen molar-refractivity contribution in [3.8, 4) is 23.1 Å². The number of likely N-dealkylation sites (tertiary alicyclic amines) is 1. The van der Waals surface area contributed by atoms with Crippen LogP contribution in [-0.4, -0.2) is 56.3 Å². The molecule has 2 aromatic carbocycles. The minimum Gasteiger partial charge on any atom is -0.336 e. The fourth-order valence-corrected chi connectivity index (χ4v) is 5.22. The second kappa shape index (κ2) is 9.61. The van der Waals surface area contributed by atoms with E-state index in [4.69, 9.17) is 16.6 Å². The number of nitriles is 1.